The van der Waals surface area contributed by atoms with E-state index in [0.717, 1.165) is 60.8 Å². The molecule has 0 bridgehead atoms. The Morgan fingerprint density at radius 3 is 2.61 bits per heavy atom. The molecule has 28 heavy (non-hydrogen) atoms. The number of carbonyl (C=O) groups excluding carboxylic acids is 1. The van der Waals surface area contributed by atoms with Crippen molar-refractivity contribution in [3.63, 3.8) is 0 Å². The van der Waals surface area contributed by atoms with Crippen molar-refractivity contribution in [3.05, 3.63) is 16.8 Å². The van der Waals surface area contributed by atoms with E-state index >= 15 is 0 Å². The first-order valence-corrected chi connectivity index (χ1v) is 11.1. The van der Waals surface area contributed by atoms with E-state index in [1.807, 2.05) is 4.52 Å². The van der Waals surface area contributed by atoms with E-state index in [-0.39, 0.29) is 5.92 Å². The molecule has 1 saturated carbocycles. The van der Waals surface area contributed by atoms with Gasteiger partial charge in [-0.2, -0.15) is 9.61 Å². The van der Waals surface area contributed by atoms with Gasteiger partial charge in [0.15, 0.2) is 5.65 Å². The van der Waals surface area contributed by atoms with E-state index in [9.17, 15) is 4.79 Å². The Morgan fingerprint density at radius 1 is 1.11 bits per heavy atom. The fourth-order valence-electron chi connectivity index (χ4n) is 4.59. The smallest absolute Gasteiger partial charge is 0.230 e. The van der Waals surface area contributed by atoms with Gasteiger partial charge in [0.05, 0.1) is 5.39 Å². The lowest BCUT2D eigenvalue weighted by Gasteiger charge is -2.37. The quantitative estimate of drug-likeness (QED) is 0.663. The number of anilines is 1. The Bertz CT molecular complexity index is 1030. The summed E-state index contributed by atoms with van der Waals surface area (Å²) in [6, 6.07) is 0. The topological polar surface area (TPSA) is 66.6 Å². The summed E-state index contributed by atoms with van der Waals surface area (Å²) in [6.45, 7) is 7.34. The average Bonchev–Trinajstić information content (AvgIpc) is 3.32. The zero-order valence-corrected chi connectivity index (χ0v) is 17.3. The fraction of sp³-hybridized carbons (Fsp3) is 0.600. The Hall–Kier alpha value is -2.22. The van der Waals surface area contributed by atoms with Gasteiger partial charge in [-0.1, -0.05) is 19.3 Å². The number of hydrogen-bond acceptors (Lipinski definition) is 6. The Balaban J connectivity index is 1.39. The van der Waals surface area contributed by atoms with Gasteiger partial charge in [-0.3, -0.25) is 4.79 Å². The summed E-state index contributed by atoms with van der Waals surface area (Å²) in [4.78, 5) is 28.9. The third kappa shape index (κ3) is 2.85. The number of thiophene rings is 1. The maximum absolute atomic E-state index is 12.8. The number of hydrogen-bond donors (Lipinski definition) is 0. The maximum Gasteiger partial charge on any atom is 0.230 e. The SMILES string of the molecule is Cc1sc2nc(N3CCN(C(=O)C4CCCCC4)CC3)n3ncnc3c2c1C. The number of amides is 1. The van der Waals surface area contributed by atoms with Crippen LogP contribution in [0.1, 0.15) is 42.5 Å². The van der Waals surface area contributed by atoms with Crippen LogP contribution in [0.4, 0.5) is 5.95 Å². The van der Waals surface area contributed by atoms with Gasteiger partial charge in [0.25, 0.3) is 0 Å². The molecule has 0 spiro atoms. The highest BCUT2D eigenvalue weighted by Crippen LogP contribution is 2.33. The fourth-order valence-corrected chi connectivity index (χ4v) is 5.61. The summed E-state index contributed by atoms with van der Waals surface area (Å²) < 4.78 is 1.86. The van der Waals surface area contributed by atoms with Gasteiger partial charge in [0, 0.05) is 37.0 Å². The van der Waals surface area contributed by atoms with Crippen LogP contribution in [0.25, 0.3) is 15.9 Å². The number of piperazine rings is 1. The van der Waals surface area contributed by atoms with Gasteiger partial charge >= 0.3 is 0 Å². The van der Waals surface area contributed by atoms with Crippen molar-refractivity contribution >= 4 is 39.1 Å². The number of carbonyl (C=O) groups is 1. The van der Waals surface area contributed by atoms with Crippen LogP contribution in [0, 0.1) is 19.8 Å². The largest absolute Gasteiger partial charge is 0.339 e. The minimum atomic E-state index is 0.244. The van der Waals surface area contributed by atoms with Crippen LogP contribution in [0.2, 0.25) is 0 Å². The molecule has 1 aliphatic carbocycles. The second-order valence-electron chi connectivity index (χ2n) is 8.02. The maximum atomic E-state index is 12.8. The molecule has 8 heteroatoms. The second-order valence-corrected chi connectivity index (χ2v) is 9.22. The summed E-state index contributed by atoms with van der Waals surface area (Å²) in [5.74, 6) is 1.44. The summed E-state index contributed by atoms with van der Waals surface area (Å²) in [5.41, 5.74) is 2.11. The van der Waals surface area contributed by atoms with Crippen LogP contribution >= 0.6 is 11.3 Å². The van der Waals surface area contributed by atoms with Gasteiger partial charge in [-0.25, -0.2) is 9.97 Å². The standard InChI is InChI=1S/C20H26N6OS/c1-13-14(2)28-18-16(13)17-21-12-22-26(17)20(23-18)25-10-8-24(9-11-25)19(27)15-6-4-3-5-7-15/h12,15H,3-11H2,1-2H3. The molecular weight excluding hydrogens is 372 g/mol. The lowest BCUT2D eigenvalue weighted by Crippen LogP contribution is -2.51. The molecule has 148 valence electrons. The van der Waals surface area contributed by atoms with Crippen molar-refractivity contribution in [3.8, 4) is 0 Å². The summed E-state index contributed by atoms with van der Waals surface area (Å²) in [5, 5.41) is 5.55. The highest BCUT2D eigenvalue weighted by atomic mass is 32.1. The van der Waals surface area contributed by atoms with Gasteiger partial charge < -0.3 is 9.80 Å². The Morgan fingerprint density at radius 2 is 1.86 bits per heavy atom. The van der Waals surface area contributed by atoms with E-state index in [4.69, 9.17) is 4.98 Å². The highest BCUT2D eigenvalue weighted by molar-refractivity contribution is 7.18. The predicted octanol–water partition coefficient (Wildman–Crippen LogP) is 3.18. The van der Waals surface area contributed by atoms with Crippen LogP contribution in [-0.4, -0.2) is 56.6 Å². The first kappa shape index (κ1) is 17.8. The number of nitrogens with zero attached hydrogens (tertiary/aromatic N) is 6. The van der Waals surface area contributed by atoms with E-state index in [2.05, 4.69) is 33.7 Å². The molecule has 5 rings (SSSR count). The van der Waals surface area contributed by atoms with E-state index < -0.39 is 0 Å². The first-order chi connectivity index (χ1) is 13.6. The molecule has 2 fully saturated rings. The molecule has 1 amide bonds. The summed E-state index contributed by atoms with van der Waals surface area (Å²) in [6.07, 6.45) is 7.41. The number of rotatable bonds is 2. The molecule has 0 unspecified atom stereocenters. The minimum absolute atomic E-state index is 0.244. The summed E-state index contributed by atoms with van der Waals surface area (Å²) in [7, 11) is 0. The van der Waals surface area contributed by atoms with Crippen LogP contribution in [0.3, 0.4) is 0 Å². The van der Waals surface area contributed by atoms with Crippen molar-refractivity contribution in [2.45, 2.75) is 46.0 Å². The van der Waals surface area contributed by atoms with E-state index in [1.54, 1.807) is 17.7 Å². The van der Waals surface area contributed by atoms with E-state index in [1.165, 1.54) is 29.7 Å². The summed E-state index contributed by atoms with van der Waals surface area (Å²) >= 11 is 1.72. The van der Waals surface area contributed by atoms with Crippen LogP contribution in [0.5, 0.6) is 0 Å². The van der Waals surface area contributed by atoms with Crippen molar-refractivity contribution in [1.82, 2.24) is 24.5 Å². The van der Waals surface area contributed by atoms with Crippen molar-refractivity contribution < 1.29 is 4.79 Å². The lowest BCUT2D eigenvalue weighted by atomic mass is 9.88. The number of aryl methyl sites for hydroxylation is 2. The predicted molar refractivity (Wildman–Crippen MR) is 111 cm³/mol. The molecule has 0 radical (unpaired) electrons. The normalized spacial score (nSPS) is 19.1. The van der Waals surface area contributed by atoms with Crippen molar-refractivity contribution in [2.75, 3.05) is 31.1 Å². The molecule has 3 aromatic heterocycles. The van der Waals surface area contributed by atoms with Crippen molar-refractivity contribution in [2.24, 2.45) is 5.92 Å². The molecule has 3 aromatic rings. The molecule has 0 aromatic carbocycles. The molecule has 1 saturated heterocycles. The number of aromatic nitrogens is 4. The monoisotopic (exact) mass is 398 g/mol. The van der Waals surface area contributed by atoms with Crippen LogP contribution in [0.15, 0.2) is 6.33 Å². The second kappa shape index (κ2) is 6.99. The van der Waals surface area contributed by atoms with Crippen LogP contribution in [-0.2, 0) is 4.79 Å². The molecule has 0 N–H and O–H groups in total. The molecule has 7 nitrogen and oxygen atoms in total. The molecule has 1 aliphatic heterocycles. The number of fused-ring (bicyclic) bond motifs is 3. The minimum Gasteiger partial charge on any atom is -0.339 e. The Labute approximate surface area is 168 Å². The molecule has 4 heterocycles. The van der Waals surface area contributed by atoms with E-state index in [0.29, 0.717) is 5.91 Å². The average molecular weight is 399 g/mol. The van der Waals surface area contributed by atoms with Gasteiger partial charge in [0.1, 0.15) is 11.2 Å². The van der Waals surface area contributed by atoms with Gasteiger partial charge in [-0.05, 0) is 32.3 Å². The molecule has 2 aliphatic rings. The van der Waals surface area contributed by atoms with Crippen LogP contribution < -0.4 is 4.90 Å². The first-order valence-electron chi connectivity index (χ1n) is 10.3. The van der Waals surface area contributed by atoms with Gasteiger partial charge in [-0.15, -0.1) is 11.3 Å². The molecule has 0 atom stereocenters. The van der Waals surface area contributed by atoms with Gasteiger partial charge in [0.2, 0.25) is 11.9 Å². The lowest BCUT2D eigenvalue weighted by molar-refractivity contribution is -0.136. The zero-order valence-electron chi connectivity index (χ0n) is 16.5. The molecular formula is C20H26N6OS. The highest BCUT2D eigenvalue weighted by Gasteiger charge is 2.30. The zero-order chi connectivity index (χ0) is 19.3. The third-order valence-corrected chi connectivity index (χ3v) is 7.46. The Kier molecular flexibility index (Phi) is 4.45. The van der Waals surface area contributed by atoms with Crippen molar-refractivity contribution in [1.29, 1.82) is 0 Å². The third-order valence-electron chi connectivity index (χ3n) is 6.36.